The molecule has 8 nitrogen and oxygen atoms in total. The van der Waals surface area contributed by atoms with E-state index in [0.717, 1.165) is 44.5 Å². The van der Waals surface area contributed by atoms with Crippen LogP contribution in [0.3, 0.4) is 0 Å². The fourth-order valence-electron chi connectivity index (χ4n) is 8.10. The Hall–Kier alpha value is -4.10. The standard InChI is InChI=1S/C36H38F2N6O2/c1-22(37)34(45)44-16-15-43(19-24(44)9-12-39)33-28-8-7-27(25-5-4-6-26-29-17-23(29)18-30(25)26)31(38)32(28)40-35(41-33)46-21-36(10-11-36)20-42-13-2-3-14-42/h4-8,23-24,29H,1-3,9-11,13-21H2/t23-,24-,29-/m0/s1. The van der Waals surface area contributed by atoms with Gasteiger partial charge in [0.1, 0.15) is 11.3 Å². The van der Waals surface area contributed by atoms with Crippen LogP contribution in [0, 0.1) is 28.5 Å². The lowest BCUT2D eigenvalue weighted by molar-refractivity contribution is -0.131. The van der Waals surface area contributed by atoms with E-state index in [1.807, 2.05) is 29.2 Å². The lowest BCUT2D eigenvalue weighted by Gasteiger charge is -2.41. The van der Waals surface area contributed by atoms with Gasteiger partial charge in [-0.2, -0.15) is 15.2 Å². The average Bonchev–Trinajstić information content (AvgIpc) is 3.91. The van der Waals surface area contributed by atoms with Crippen LogP contribution < -0.4 is 9.64 Å². The molecule has 3 heterocycles. The molecule has 3 atom stereocenters. The van der Waals surface area contributed by atoms with Crippen LogP contribution in [0.4, 0.5) is 14.6 Å². The minimum Gasteiger partial charge on any atom is -0.463 e. The van der Waals surface area contributed by atoms with Gasteiger partial charge in [0, 0.05) is 42.5 Å². The summed E-state index contributed by atoms with van der Waals surface area (Å²) in [5.74, 6) is -0.512. The van der Waals surface area contributed by atoms with E-state index in [-0.39, 0.29) is 36.5 Å². The van der Waals surface area contributed by atoms with E-state index < -0.39 is 23.6 Å². The molecule has 2 aliphatic heterocycles. The molecular weight excluding hydrogens is 586 g/mol. The number of fused-ring (bicyclic) bond motifs is 4. The maximum Gasteiger partial charge on any atom is 0.319 e. The van der Waals surface area contributed by atoms with Crippen molar-refractivity contribution in [1.82, 2.24) is 19.8 Å². The van der Waals surface area contributed by atoms with Crippen LogP contribution >= 0.6 is 0 Å². The number of nitrogens with zero attached hydrogens (tertiary/aromatic N) is 6. The summed E-state index contributed by atoms with van der Waals surface area (Å²) in [6.07, 6.45) is 6.83. The molecule has 3 aliphatic carbocycles. The molecule has 1 amide bonds. The fourth-order valence-corrected chi connectivity index (χ4v) is 8.10. The number of carbonyl (C=O) groups excluding carboxylic acids is 1. The molecule has 1 aromatic heterocycles. The number of aromatic nitrogens is 2. The van der Waals surface area contributed by atoms with Crippen LogP contribution in [0.25, 0.3) is 22.0 Å². The fraction of sp³-hybridized carbons (Fsp3) is 0.500. The number of carbonyl (C=O) groups is 1. The van der Waals surface area contributed by atoms with Gasteiger partial charge in [-0.25, -0.2) is 8.78 Å². The van der Waals surface area contributed by atoms with Gasteiger partial charge < -0.3 is 19.4 Å². The molecule has 46 heavy (non-hydrogen) atoms. The highest BCUT2D eigenvalue weighted by Gasteiger charge is 2.46. The first-order chi connectivity index (χ1) is 22.3. The van der Waals surface area contributed by atoms with E-state index in [1.54, 1.807) is 0 Å². The van der Waals surface area contributed by atoms with Crippen LogP contribution in [0.5, 0.6) is 6.01 Å². The van der Waals surface area contributed by atoms with Crippen molar-refractivity contribution in [2.24, 2.45) is 11.3 Å². The van der Waals surface area contributed by atoms with Crippen molar-refractivity contribution in [1.29, 1.82) is 5.26 Å². The summed E-state index contributed by atoms with van der Waals surface area (Å²) in [5.41, 5.74) is 4.27. The van der Waals surface area contributed by atoms with Gasteiger partial charge in [-0.15, -0.1) is 0 Å². The Morgan fingerprint density at radius 3 is 2.70 bits per heavy atom. The quantitative estimate of drug-likeness (QED) is 0.280. The Morgan fingerprint density at radius 2 is 1.93 bits per heavy atom. The molecule has 238 valence electrons. The summed E-state index contributed by atoms with van der Waals surface area (Å²) in [4.78, 5) is 27.9. The Bertz CT molecular complexity index is 1780. The largest absolute Gasteiger partial charge is 0.463 e. The van der Waals surface area contributed by atoms with Crippen LogP contribution in [-0.2, 0) is 11.2 Å². The summed E-state index contributed by atoms with van der Waals surface area (Å²) in [6, 6.07) is 11.6. The van der Waals surface area contributed by atoms with Crippen LogP contribution in [0.15, 0.2) is 42.7 Å². The highest BCUT2D eigenvalue weighted by Crippen LogP contribution is 2.58. The molecule has 2 saturated carbocycles. The third-order valence-electron chi connectivity index (χ3n) is 10.9. The van der Waals surface area contributed by atoms with E-state index in [1.165, 1.54) is 35.3 Å². The normalized spacial score (nSPS) is 24.4. The topological polar surface area (TPSA) is 85.6 Å². The summed E-state index contributed by atoms with van der Waals surface area (Å²) in [7, 11) is 0. The van der Waals surface area contributed by atoms with Gasteiger partial charge in [-0.1, -0.05) is 30.8 Å². The third-order valence-corrected chi connectivity index (χ3v) is 10.9. The molecule has 0 unspecified atom stereocenters. The Morgan fingerprint density at radius 1 is 1.11 bits per heavy atom. The van der Waals surface area contributed by atoms with Crippen molar-refractivity contribution in [2.75, 3.05) is 50.8 Å². The van der Waals surface area contributed by atoms with Gasteiger partial charge in [0.15, 0.2) is 11.6 Å². The number of hydrogen-bond donors (Lipinski definition) is 0. The molecule has 2 saturated heterocycles. The predicted molar refractivity (Wildman–Crippen MR) is 171 cm³/mol. The summed E-state index contributed by atoms with van der Waals surface area (Å²) < 4.78 is 36.9. The molecule has 0 bridgehead atoms. The SMILES string of the molecule is C=C(F)C(=O)N1CCN(c2nc(OCC3(CN4CCCC4)CC3)nc3c(F)c(-c4cccc5c4C[C@@H]4C[C@H]54)ccc23)C[C@@H]1CC#N. The molecule has 3 aromatic rings. The highest BCUT2D eigenvalue weighted by molar-refractivity contribution is 5.94. The number of likely N-dealkylation sites (tertiary alicyclic amines) is 1. The number of halogens is 2. The molecule has 0 spiro atoms. The zero-order valence-electron chi connectivity index (χ0n) is 26.0. The lowest BCUT2D eigenvalue weighted by Crippen LogP contribution is -2.55. The number of nitriles is 1. The Labute approximate surface area is 267 Å². The first kappa shape index (κ1) is 29.3. The second-order valence-electron chi connectivity index (χ2n) is 14.0. The summed E-state index contributed by atoms with van der Waals surface area (Å²) in [6.45, 7) is 7.57. The van der Waals surface area contributed by atoms with Gasteiger partial charge >= 0.3 is 6.01 Å². The minimum absolute atomic E-state index is 0.0144. The van der Waals surface area contributed by atoms with Gasteiger partial charge in [0.05, 0.1) is 25.1 Å². The first-order valence-corrected chi connectivity index (χ1v) is 16.6. The van der Waals surface area contributed by atoms with Crippen molar-refractivity contribution >= 4 is 22.6 Å². The van der Waals surface area contributed by atoms with E-state index in [2.05, 4.69) is 23.6 Å². The first-order valence-electron chi connectivity index (χ1n) is 16.6. The second kappa shape index (κ2) is 11.3. The van der Waals surface area contributed by atoms with E-state index >= 15 is 4.39 Å². The van der Waals surface area contributed by atoms with Crippen molar-refractivity contribution in [3.63, 3.8) is 0 Å². The van der Waals surface area contributed by atoms with Crippen molar-refractivity contribution in [3.05, 3.63) is 59.7 Å². The van der Waals surface area contributed by atoms with Gasteiger partial charge in [-0.05, 0) is 86.2 Å². The van der Waals surface area contributed by atoms with Crippen molar-refractivity contribution in [2.45, 2.75) is 56.9 Å². The Balaban J connectivity index is 1.16. The molecule has 0 radical (unpaired) electrons. The van der Waals surface area contributed by atoms with Crippen LogP contribution in [0.2, 0.25) is 0 Å². The smallest absolute Gasteiger partial charge is 0.319 e. The molecule has 5 aliphatic rings. The number of ether oxygens (including phenoxy) is 1. The maximum absolute atomic E-state index is 16.8. The van der Waals surface area contributed by atoms with E-state index in [0.29, 0.717) is 41.8 Å². The summed E-state index contributed by atoms with van der Waals surface area (Å²) in [5, 5.41) is 10.1. The number of piperazine rings is 1. The molecule has 8 rings (SSSR count). The van der Waals surface area contributed by atoms with Crippen molar-refractivity contribution in [3.8, 4) is 23.2 Å². The molecule has 4 fully saturated rings. The zero-order valence-corrected chi connectivity index (χ0v) is 26.0. The summed E-state index contributed by atoms with van der Waals surface area (Å²) >= 11 is 0. The minimum atomic E-state index is -1.05. The van der Waals surface area contributed by atoms with E-state index in [4.69, 9.17) is 14.7 Å². The molecule has 10 heteroatoms. The van der Waals surface area contributed by atoms with Gasteiger partial charge in [0.2, 0.25) is 0 Å². The molecule has 0 N–H and O–H groups in total. The van der Waals surface area contributed by atoms with Gasteiger partial charge in [-0.3, -0.25) is 4.79 Å². The number of hydrogen-bond acceptors (Lipinski definition) is 7. The maximum atomic E-state index is 16.8. The Kier molecular flexibility index (Phi) is 7.20. The molecule has 2 aromatic carbocycles. The predicted octanol–water partition coefficient (Wildman–Crippen LogP) is 5.76. The number of amides is 1. The van der Waals surface area contributed by atoms with Crippen LogP contribution in [-0.4, -0.2) is 77.6 Å². The zero-order chi connectivity index (χ0) is 31.6. The average molecular weight is 625 g/mol. The monoisotopic (exact) mass is 624 g/mol. The van der Waals surface area contributed by atoms with Crippen LogP contribution in [0.1, 0.15) is 55.6 Å². The van der Waals surface area contributed by atoms with Crippen molar-refractivity contribution < 1.29 is 18.3 Å². The molecular formula is C36H38F2N6O2. The lowest BCUT2D eigenvalue weighted by atomic mass is 9.93. The number of benzene rings is 2. The van der Waals surface area contributed by atoms with Gasteiger partial charge in [0.25, 0.3) is 5.91 Å². The second-order valence-corrected chi connectivity index (χ2v) is 14.0. The number of rotatable bonds is 9. The number of anilines is 1. The third kappa shape index (κ3) is 5.19. The van der Waals surface area contributed by atoms with E-state index in [9.17, 15) is 14.4 Å². The highest BCUT2D eigenvalue weighted by atomic mass is 19.1.